The van der Waals surface area contributed by atoms with E-state index in [1.165, 1.54) is 10.4 Å². The van der Waals surface area contributed by atoms with Crippen LogP contribution in [-0.2, 0) is 21.2 Å². The largest absolute Gasteiger partial charge is 0.349 e. The predicted molar refractivity (Wildman–Crippen MR) is 143 cm³/mol. The molecule has 0 fully saturated rings. The molecule has 1 aliphatic rings. The van der Waals surface area contributed by atoms with Crippen molar-refractivity contribution < 1.29 is 17.6 Å². The van der Waals surface area contributed by atoms with Crippen LogP contribution >= 0.6 is 31.9 Å². The molecule has 184 valence electrons. The molecule has 0 saturated carbocycles. The minimum atomic E-state index is -3.90. The van der Waals surface area contributed by atoms with Crippen LogP contribution in [0.1, 0.15) is 41.1 Å². The topological polar surface area (TPSA) is 66.5 Å². The zero-order chi connectivity index (χ0) is 25.3. The first kappa shape index (κ1) is 25.9. The summed E-state index contributed by atoms with van der Waals surface area (Å²) in [5.41, 5.74) is 4.13. The molecule has 0 aliphatic heterocycles. The van der Waals surface area contributed by atoms with Gasteiger partial charge < -0.3 is 5.32 Å². The van der Waals surface area contributed by atoms with E-state index in [-0.39, 0.29) is 35.6 Å². The number of sulfonamides is 1. The highest BCUT2D eigenvalue weighted by Crippen LogP contribution is 2.37. The number of halogens is 3. The summed E-state index contributed by atoms with van der Waals surface area (Å²) in [5, 5.41) is 3.00. The molecule has 0 heterocycles. The number of carbonyl (C=O) groups excluding carboxylic acids is 1. The summed E-state index contributed by atoms with van der Waals surface area (Å²) in [4.78, 5) is 13.1. The molecule has 1 N–H and O–H groups in total. The van der Waals surface area contributed by atoms with E-state index in [2.05, 4.69) is 37.2 Å². The molecule has 4 rings (SSSR count). The van der Waals surface area contributed by atoms with Gasteiger partial charge in [0.05, 0.1) is 21.1 Å². The lowest BCUT2D eigenvalue weighted by Gasteiger charge is -2.25. The normalized spacial score (nSPS) is 15.1. The van der Waals surface area contributed by atoms with E-state index < -0.39 is 10.0 Å². The smallest absolute Gasteiger partial charge is 0.264 e. The Morgan fingerprint density at radius 3 is 2.37 bits per heavy atom. The van der Waals surface area contributed by atoms with Crippen LogP contribution in [0.5, 0.6) is 0 Å². The van der Waals surface area contributed by atoms with E-state index in [0.717, 1.165) is 26.7 Å². The number of hydrogen-bond donors (Lipinski definition) is 1. The number of nitrogens with zero attached hydrogens (tertiary/aromatic N) is 1. The lowest BCUT2D eigenvalue weighted by atomic mass is 10.1. The van der Waals surface area contributed by atoms with Gasteiger partial charge in [0.15, 0.2) is 0 Å². The molecule has 0 spiro atoms. The second kappa shape index (κ2) is 10.4. The molecule has 35 heavy (non-hydrogen) atoms. The Morgan fingerprint density at radius 2 is 1.71 bits per heavy atom. The van der Waals surface area contributed by atoms with Gasteiger partial charge in [-0.25, -0.2) is 12.8 Å². The van der Waals surface area contributed by atoms with Crippen molar-refractivity contribution >= 4 is 53.5 Å². The van der Waals surface area contributed by atoms with Crippen molar-refractivity contribution in [1.82, 2.24) is 5.32 Å². The Morgan fingerprint density at radius 1 is 1.06 bits per heavy atom. The molecule has 0 bridgehead atoms. The van der Waals surface area contributed by atoms with Gasteiger partial charge >= 0.3 is 0 Å². The molecular formula is C26H25Br2FN2O3S. The minimum Gasteiger partial charge on any atom is -0.349 e. The lowest BCUT2D eigenvalue weighted by Crippen LogP contribution is -2.36. The average molecular weight is 624 g/mol. The number of fused-ring (bicyclic) bond motifs is 1. The Kier molecular flexibility index (Phi) is 7.68. The Hall–Kier alpha value is -2.23. The number of hydrogen-bond acceptors (Lipinski definition) is 3. The van der Waals surface area contributed by atoms with Gasteiger partial charge in [-0.15, -0.1) is 0 Å². The van der Waals surface area contributed by atoms with Gasteiger partial charge in [0.25, 0.3) is 10.0 Å². The third-order valence-electron chi connectivity index (χ3n) is 6.06. The molecule has 9 heteroatoms. The quantitative estimate of drug-likeness (QED) is 0.333. The van der Waals surface area contributed by atoms with Crippen LogP contribution in [0.2, 0.25) is 0 Å². The monoisotopic (exact) mass is 622 g/mol. The first-order valence-corrected chi connectivity index (χ1v) is 14.2. The van der Waals surface area contributed by atoms with Gasteiger partial charge in [-0.2, -0.15) is 0 Å². The molecule has 0 radical (unpaired) electrons. The minimum absolute atomic E-state index is 0.0141. The number of aryl methyl sites for hydroxylation is 2. The van der Waals surface area contributed by atoms with Crippen LogP contribution in [-0.4, -0.2) is 20.9 Å². The first-order valence-electron chi connectivity index (χ1n) is 11.2. The maximum Gasteiger partial charge on any atom is 0.264 e. The second-order valence-electron chi connectivity index (χ2n) is 8.71. The fraction of sp³-hybridized carbons (Fsp3) is 0.269. The highest BCUT2D eigenvalue weighted by molar-refractivity contribution is 9.10. The van der Waals surface area contributed by atoms with E-state index in [1.54, 1.807) is 42.5 Å². The number of benzene rings is 3. The van der Waals surface area contributed by atoms with Crippen molar-refractivity contribution in [3.63, 3.8) is 0 Å². The third kappa shape index (κ3) is 5.62. The molecular weight excluding hydrogens is 599 g/mol. The predicted octanol–water partition coefficient (Wildman–Crippen LogP) is 6.36. The van der Waals surface area contributed by atoms with E-state index >= 15 is 0 Å². The fourth-order valence-corrected chi connectivity index (χ4v) is 6.74. The zero-order valence-corrected chi connectivity index (χ0v) is 23.3. The second-order valence-corrected chi connectivity index (χ2v) is 12.3. The molecule has 1 aliphatic carbocycles. The molecule has 1 unspecified atom stereocenters. The van der Waals surface area contributed by atoms with Crippen LogP contribution < -0.4 is 9.62 Å². The molecule has 0 aromatic heterocycles. The summed E-state index contributed by atoms with van der Waals surface area (Å²) in [6.45, 7) is 3.80. The van der Waals surface area contributed by atoms with Crippen molar-refractivity contribution in [2.24, 2.45) is 0 Å². The van der Waals surface area contributed by atoms with E-state index in [4.69, 9.17) is 0 Å². The first-order chi connectivity index (χ1) is 16.6. The SMILES string of the molecule is Cc1cc(C)cc(N(CCC(=O)NC2CCc3c2ccc(F)c3Br)S(=O)(=O)c2ccc(Br)cc2)c1. The Balaban J connectivity index is 1.56. The average Bonchev–Trinajstić information content (AvgIpc) is 3.19. The highest BCUT2D eigenvalue weighted by atomic mass is 79.9. The Labute approximate surface area is 222 Å². The van der Waals surface area contributed by atoms with Crippen LogP contribution in [0.15, 0.2) is 68.4 Å². The molecule has 5 nitrogen and oxygen atoms in total. The van der Waals surface area contributed by atoms with E-state index in [1.807, 2.05) is 19.9 Å². The number of carbonyl (C=O) groups is 1. The van der Waals surface area contributed by atoms with Gasteiger partial charge in [-0.05, 0) is 107 Å². The molecule has 0 saturated heterocycles. The summed E-state index contributed by atoms with van der Waals surface area (Å²) in [5.74, 6) is -0.582. The highest BCUT2D eigenvalue weighted by Gasteiger charge is 2.29. The van der Waals surface area contributed by atoms with Crippen molar-refractivity contribution in [2.45, 2.75) is 44.0 Å². The maximum absolute atomic E-state index is 13.9. The maximum atomic E-state index is 13.9. The van der Waals surface area contributed by atoms with Crippen LogP contribution in [0.25, 0.3) is 0 Å². The summed E-state index contributed by atoms with van der Waals surface area (Å²) < 4.78 is 43.6. The molecule has 3 aromatic carbocycles. The summed E-state index contributed by atoms with van der Waals surface area (Å²) in [6.07, 6.45) is 1.31. The van der Waals surface area contributed by atoms with Crippen molar-refractivity contribution in [1.29, 1.82) is 0 Å². The van der Waals surface area contributed by atoms with Gasteiger partial charge in [-0.3, -0.25) is 9.10 Å². The van der Waals surface area contributed by atoms with Gasteiger partial charge in [0.1, 0.15) is 5.82 Å². The van der Waals surface area contributed by atoms with Crippen LogP contribution in [0.4, 0.5) is 10.1 Å². The van der Waals surface area contributed by atoms with E-state index in [9.17, 15) is 17.6 Å². The van der Waals surface area contributed by atoms with Crippen LogP contribution in [0.3, 0.4) is 0 Å². The van der Waals surface area contributed by atoms with Gasteiger partial charge in [0, 0.05) is 17.4 Å². The number of nitrogens with one attached hydrogen (secondary N) is 1. The van der Waals surface area contributed by atoms with E-state index in [0.29, 0.717) is 23.0 Å². The van der Waals surface area contributed by atoms with Crippen LogP contribution in [0, 0.1) is 19.7 Å². The summed E-state index contributed by atoms with van der Waals surface area (Å²) in [7, 11) is -3.90. The number of amides is 1. The fourth-order valence-electron chi connectivity index (χ4n) is 4.47. The van der Waals surface area contributed by atoms with Crippen molar-refractivity contribution in [3.05, 3.63) is 91.6 Å². The lowest BCUT2D eigenvalue weighted by molar-refractivity contribution is -0.121. The van der Waals surface area contributed by atoms with Gasteiger partial charge in [0.2, 0.25) is 5.91 Å². The molecule has 1 amide bonds. The molecule has 1 atom stereocenters. The Bertz CT molecular complexity index is 1360. The molecule has 3 aromatic rings. The number of anilines is 1. The third-order valence-corrected chi connectivity index (χ3v) is 9.29. The van der Waals surface area contributed by atoms with Crippen molar-refractivity contribution in [3.8, 4) is 0 Å². The standard InChI is InChI=1S/C26H25Br2FN2O3S/c1-16-13-17(2)15-19(14-16)31(35(33,34)20-5-3-18(27)4-6-20)12-11-25(32)30-24-10-8-22-21(24)7-9-23(29)26(22)28/h3-7,9,13-15,24H,8,10-12H2,1-2H3,(H,30,32). The summed E-state index contributed by atoms with van der Waals surface area (Å²) >= 11 is 6.64. The summed E-state index contributed by atoms with van der Waals surface area (Å²) in [6, 6.07) is 14.9. The van der Waals surface area contributed by atoms with Crippen molar-refractivity contribution in [2.75, 3.05) is 10.8 Å². The zero-order valence-electron chi connectivity index (χ0n) is 19.3. The number of rotatable bonds is 7. The van der Waals surface area contributed by atoms with Gasteiger partial charge in [-0.1, -0.05) is 28.1 Å².